The van der Waals surface area contributed by atoms with Gasteiger partial charge in [0.05, 0.1) is 12.1 Å². The molecule has 3 aromatic rings. The van der Waals surface area contributed by atoms with Gasteiger partial charge in [0.2, 0.25) is 0 Å². The maximum atomic E-state index is 14.8. The van der Waals surface area contributed by atoms with Gasteiger partial charge in [0, 0.05) is 59.2 Å². The van der Waals surface area contributed by atoms with Gasteiger partial charge in [-0.2, -0.15) is 0 Å². The molecule has 1 heterocycles. The van der Waals surface area contributed by atoms with E-state index in [0.717, 1.165) is 59.4 Å². The van der Waals surface area contributed by atoms with Gasteiger partial charge in [0.1, 0.15) is 11.6 Å². The Labute approximate surface area is 235 Å². The Morgan fingerprint density at radius 1 is 1.10 bits per heavy atom. The molecule has 0 radical (unpaired) electrons. The lowest BCUT2D eigenvalue weighted by atomic mass is 9.89. The highest BCUT2D eigenvalue weighted by molar-refractivity contribution is 6.52. The number of methoxy groups -OCH3 is 1. The number of hydrogen-bond donors (Lipinski definition) is 1. The molecule has 1 N–H and O–H groups in total. The minimum atomic E-state index is -0.320. The predicted molar refractivity (Wildman–Crippen MR) is 154 cm³/mol. The Hall–Kier alpha value is -3.22. The molecule has 5 rings (SSSR count). The molecule has 7 heteroatoms. The normalized spacial score (nSPS) is 18.7. The molecule has 39 heavy (non-hydrogen) atoms. The van der Waals surface area contributed by atoms with Crippen LogP contribution in [0.3, 0.4) is 0 Å². The average molecular weight is 548 g/mol. The van der Waals surface area contributed by atoms with E-state index in [1.54, 1.807) is 19.4 Å². The Morgan fingerprint density at radius 3 is 2.51 bits per heavy atom. The topological polar surface area (TPSA) is 54.5 Å². The molecule has 0 unspecified atom stereocenters. The lowest BCUT2D eigenvalue weighted by Crippen LogP contribution is -2.45. The monoisotopic (exact) mass is 547 g/mol. The number of aromatic nitrogens is 1. The highest BCUT2D eigenvalue weighted by atomic mass is 35.5. The molecular weight excluding hydrogens is 513 g/mol. The molecule has 2 aliphatic rings. The van der Waals surface area contributed by atoms with E-state index in [-0.39, 0.29) is 24.2 Å². The number of fused-ring (bicyclic) bond motifs is 1. The zero-order chi connectivity index (χ0) is 27.7. The largest absolute Gasteiger partial charge is 0.496 e. The number of pyridine rings is 1. The first-order chi connectivity index (χ1) is 18.8. The average Bonchev–Trinajstić information content (AvgIpc) is 3.31. The number of nitrogens with one attached hydrogen (secondary N) is 1. The van der Waals surface area contributed by atoms with Crippen molar-refractivity contribution in [3.63, 3.8) is 0 Å². The molecule has 1 aromatic heterocycles. The van der Waals surface area contributed by atoms with Crippen molar-refractivity contribution in [3.05, 3.63) is 88.0 Å². The number of hydrogen-bond acceptors (Lipinski definition) is 4. The zero-order valence-corrected chi connectivity index (χ0v) is 23.7. The van der Waals surface area contributed by atoms with E-state index in [1.165, 1.54) is 6.07 Å². The van der Waals surface area contributed by atoms with Crippen LogP contribution in [0.2, 0.25) is 0 Å². The van der Waals surface area contributed by atoms with Gasteiger partial charge in [-0.3, -0.25) is 9.78 Å². The summed E-state index contributed by atoms with van der Waals surface area (Å²) in [5.41, 5.74) is 6.46. The van der Waals surface area contributed by atoms with Crippen molar-refractivity contribution >= 4 is 22.5 Å². The second-order valence-corrected chi connectivity index (χ2v) is 11.0. The smallest absolute Gasteiger partial charge is 0.252 e. The lowest BCUT2D eigenvalue weighted by Gasteiger charge is -2.37. The standard InChI is InChI=1S/C32H35ClFN3O2/c1-19-5-11-28(34)26-17-27(31(33)30(19)26)32(38)37(25-9-7-24(35-3)8-10-25)18-23-16-21(6-12-29(23)39-4)22-13-14-36-20(2)15-22/h5-6,11-16,24-25,35H,7-10,17-18H2,1-4H3/t24-,25+. The van der Waals surface area contributed by atoms with Crippen molar-refractivity contribution in [2.75, 3.05) is 14.2 Å². The summed E-state index contributed by atoms with van der Waals surface area (Å²) < 4.78 is 20.5. The SMILES string of the molecule is CN[C@H]1CC[C@@H](N(Cc2cc(-c3ccnc(C)c3)ccc2OC)C(=O)C2=C(Cl)c3c(C)ccc(F)c3C2)CC1. The molecule has 0 atom stereocenters. The number of aryl methyl sites for hydroxylation is 2. The minimum absolute atomic E-state index is 0.0465. The first-order valence-corrected chi connectivity index (χ1v) is 13.9. The van der Waals surface area contributed by atoms with Gasteiger partial charge in [0.25, 0.3) is 5.91 Å². The zero-order valence-electron chi connectivity index (χ0n) is 23.0. The summed E-state index contributed by atoms with van der Waals surface area (Å²) >= 11 is 6.82. The van der Waals surface area contributed by atoms with E-state index in [2.05, 4.69) is 16.4 Å². The van der Waals surface area contributed by atoms with Gasteiger partial charge in [-0.25, -0.2) is 4.39 Å². The summed E-state index contributed by atoms with van der Waals surface area (Å²) in [5.74, 6) is 0.276. The molecule has 1 fully saturated rings. The quantitative estimate of drug-likeness (QED) is 0.363. The van der Waals surface area contributed by atoms with Crippen molar-refractivity contribution in [3.8, 4) is 16.9 Å². The van der Waals surface area contributed by atoms with Gasteiger partial charge >= 0.3 is 0 Å². The van der Waals surface area contributed by atoms with Crippen LogP contribution in [0.1, 0.15) is 53.6 Å². The Morgan fingerprint density at radius 2 is 1.85 bits per heavy atom. The summed E-state index contributed by atoms with van der Waals surface area (Å²) in [6.07, 6.45) is 5.74. The molecule has 204 valence electrons. The lowest BCUT2D eigenvalue weighted by molar-refractivity contribution is -0.130. The van der Waals surface area contributed by atoms with Crippen molar-refractivity contribution in [2.45, 2.75) is 64.6 Å². The van der Waals surface area contributed by atoms with Crippen molar-refractivity contribution in [1.82, 2.24) is 15.2 Å². The highest BCUT2D eigenvalue weighted by Crippen LogP contribution is 2.41. The Bertz CT molecular complexity index is 1430. The molecule has 0 spiro atoms. The van der Waals surface area contributed by atoms with Crippen LogP contribution in [-0.2, 0) is 17.8 Å². The Balaban J connectivity index is 1.52. The third-order valence-corrected chi connectivity index (χ3v) is 8.63. The molecule has 5 nitrogen and oxygen atoms in total. The van der Waals surface area contributed by atoms with Crippen LogP contribution in [0.4, 0.5) is 4.39 Å². The minimum Gasteiger partial charge on any atom is -0.496 e. The van der Waals surface area contributed by atoms with Crippen LogP contribution >= 0.6 is 11.6 Å². The fourth-order valence-electron chi connectivity index (χ4n) is 6.00. The molecule has 1 saturated carbocycles. The van der Waals surface area contributed by atoms with Gasteiger partial charge in [-0.1, -0.05) is 23.7 Å². The molecule has 0 aliphatic heterocycles. The van der Waals surface area contributed by atoms with Gasteiger partial charge in [-0.05, 0) is 93.6 Å². The number of carbonyl (C=O) groups excluding carboxylic acids is 1. The molecule has 0 bridgehead atoms. The second kappa shape index (κ2) is 11.5. The number of rotatable bonds is 7. The molecule has 2 aliphatic carbocycles. The van der Waals surface area contributed by atoms with E-state index in [9.17, 15) is 9.18 Å². The first-order valence-electron chi connectivity index (χ1n) is 13.6. The molecule has 0 saturated heterocycles. The van der Waals surface area contributed by atoms with E-state index in [1.807, 2.05) is 50.1 Å². The molecule has 2 aromatic carbocycles. The number of nitrogens with zero attached hydrogens (tertiary/aromatic N) is 2. The van der Waals surface area contributed by atoms with Gasteiger partial charge in [0.15, 0.2) is 0 Å². The van der Waals surface area contributed by atoms with E-state index >= 15 is 0 Å². The van der Waals surface area contributed by atoms with Crippen LogP contribution in [0.25, 0.3) is 16.2 Å². The second-order valence-electron chi connectivity index (χ2n) is 10.6. The van der Waals surface area contributed by atoms with Crippen molar-refractivity contribution in [1.29, 1.82) is 0 Å². The molecule has 1 amide bonds. The van der Waals surface area contributed by atoms with E-state index in [0.29, 0.717) is 34.3 Å². The Kier molecular flexibility index (Phi) is 8.06. The van der Waals surface area contributed by atoms with Crippen molar-refractivity contribution in [2.24, 2.45) is 0 Å². The third kappa shape index (κ3) is 5.45. The fraction of sp³-hybridized carbons (Fsp3) is 0.375. The van der Waals surface area contributed by atoms with E-state index in [4.69, 9.17) is 16.3 Å². The highest BCUT2D eigenvalue weighted by Gasteiger charge is 2.35. The van der Waals surface area contributed by atoms with Crippen LogP contribution < -0.4 is 10.1 Å². The number of halogens is 2. The fourth-order valence-corrected chi connectivity index (χ4v) is 6.41. The van der Waals surface area contributed by atoms with Crippen LogP contribution in [0.15, 0.2) is 54.2 Å². The van der Waals surface area contributed by atoms with Gasteiger partial charge in [-0.15, -0.1) is 0 Å². The summed E-state index contributed by atoms with van der Waals surface area (Å²) in [6, 6.07) is 13.8. The van der Waals surface area contributed by atoms with Gasteiger partial charge < -0.3 is 15.0 Å². The maximum Gasteiger partial charge on any atom is 0.252 e. The summed E-state index contributed by atoms with van der Waals surface area (Å²) in [4.78, 5) is 20.6. The van der Waals surface area contributed by atoms with E-state index < -0.39 is 0 Å². The predicted octanol–water partition coefficient (Wildman–Crippen LogP) is 6.58. The molecular formula is C32H35ClFN3O2. The first kappa shape index (κ1) is 27.4. The van der Waals surface area contributed by atoms with Crippen molar-refractivity contribution < 1.29 is 13.9 Å². The number of ether oxygens (including phenoxy) is 1. The summed E-state index contributed by atoms with van der Waals surface area (Å²) in [7, 11) is 3.64. The summed E-state index contributed by atoms with van der Waals surface area (Å²) in [6.45, 7) is 4.25. The maximum absolute atomic E-state index is 14.8. The van der Waals surface area contributed by atoms with Crippen LogP contribution in [-0.4, -0.2) is 42.0 Å². The van der Waals surface area contributed by atoms with Crippen LogP contribution in [0.5, 0.6) is 5.75 Å². The number of amides is 1. The number of benzene rings is 2. The third-order valence-electron chi connectivity index (χ3n) is 8.22. The van der Waals surface area contributed by atoms with Crippen LogP contribution in [0, 0.1) is 19.7 Å². The number of carbonyl (C=O) groups is 1. The summed E-state index contributed by atoms with van der Waals surface area (Å²) in [5, 5.41) is 3.75.